The molecule has 0 atom stereocenters. The highest BCUT2D eigenvalue weighted by Crippen LogP contribution is 2.30. The Morgan fingerprint density at radius 1 is 1.60 bits per heavy atom. The number of carbonyl (C=O) groups is 1. The summed E-state index contributed by atoms with van der Waals surface area (Å²) in [6.07, 6.45) is 1.20. The molecule has 1 amide bonds. The minimum atomic E-state index is -0.507. The topological polar surface area (TPSA) is 81.1 Å². The Balaban J connectivity index is 2.04. The van der Waals surface area contributed by atoms with Crippen LogP contribution in [0.2, 0.25) is 0 Å². The minimum absolute atomic E-state index is 0.322. The van der Waals surface area contributed by atoms with Crippen LogP contribution in [-0.4, -0.2) is 22.7 Å². The van der Waals surface area contributed by atoms with E-state index in [1.165, 1.54) is 0 Å². The first kappa shape index (κ1) is 12.6. The number of amides is 1. The summed E-state index contributed by atoms with van der Waals surface area (Å²) in [4.78, 5) is 23.1. The molecule has 0 aliphatic rings. The van der Waals surface area contributed by atoms with Gasteiger partial charge in [0.25, 0.3) is 0 Å². The van der Waals surface area contributed by atoms with Crippen LogP contribution in [0, 0.1) is 0 Å². The van der Waals surface area contributed by atoms with E-state index in [9.17, 15) is 4.79 Å². The fourth-order valence-electron chi connectivity index (χ4n) is 1.93. The molecule has 3 aromatic rings. The lowest BCUT2D eigenvalue weighted by Gasteiger charge is -2.03. The van der Waals surface area contributed by atoms with Gasteiger partial charge in [0.1, 0.15) is 0 Å². The van der Waals surface area contributed by atoms with Crippen molar-refractivity contribution >= 4 is 34.4 Å². The number of nitrogens with one attached hydrogen (secondary N) is 3. The molecule has 3 heterocycles. The Morgan fingerprint density at radius 2 is 2.50 bits per heavy atom. The van der Waals surface area contributed by atoms with Gasteiger partial charge >= 0.3 is 11.7 Å². The molecule has 3 N–H and O–H groups in total. The number of fused-ring (bicyclic) bond motifs is 1. The third kappa shape index (κ3) is 2.35. The molecule has 0 unspecified atom stereocenters. The average Bonchev–Trinajstić information content (AvgIpc) is 3.09. The molecule has 0 saturated heterocycles. The van der Waals surface area contributed by atoms with Gasteiger partial charge in [-0.05, 0) is 18.4 Å². The quantitative estimate of drug-likeness (QED) is 0.777. The molecule has 0 saturated carbocycles. The highest BCUT2D eigenvalue weighted by atomic mass is 32.1. The highest BCUT2D eigenvalue weighted by Gasteiger charge is 2.17. The van der Waals surface area contributed by atoms with Crippen molar-refractivity contribution in [3.8, 4) is 10.4 Å². The Hall–Kier alpha value is -2.41. The number of H-pyrrole nitrogens is 2. The van der Waals surface area contributed by atoms with Gasteiger partial charge in [-0.1, -0.05) is 11.1 Å². The van der Waals surface area contributed by atoms with E-state index in [2.05, 4.69) is 20.3 Å². The van der Waals surface area contributed by atoms with Crippen LogP contribution >= 0.6 is 11.3 Å². The highest BCUT2D eigenvalue weighted by molar-refractivity contribution is 7.13. The van der Waals surface area contributed by atoms with Crippen LogP contribution in [0.15, 0.2) is 29.9 Å². The summed E-state index contributed by atoms with van der Waals surface area (Å²) in [7, 11) is 0. The number of imidazole rings is 1. The number of thiophene rings is 1. The number of hydrogen-bond donors (Lipinski definition) is 2. The lowest BCUT2D eigenvalue weighted by molar-refractivity contribution is -0.347. The molecular weight excluding hydrogens is 276 g/mol. The van der Waals surface area contributed by atoms with Gasteiger partial charge < -0.3 is 4.74 Å². The van der Waals surface area contributed by atoms with Crippen LogP contribution in [-0.2, 0) is 4.74 Å². The summed E-state index contributed by atoms with van der Waals surface area (Å²) in [6.45, 7) is 2.08. The molecule has 0 radical (unpaired) electrons. The number of rotatable bonds is 3. The molecule has 0 bridgehead atoms. The average molecular weight is 289 g/mol. The number of pyridine rings is 1. The lowest BCUT2D eigenvalue weighted by Crippen LogP contribution is -2.15. The van der Waals surface area contributed by atoms with Crippen LogP contribution in [0.3, 0.4) is 0 Å². The van der Waals surface area contributed by atoms with E-state index in [1.54, 1.807) is 24.6 Å². The first-order valence-corrected chi connectivity index (χ1v) is 7.03. The van der Waals surface area contributed by atoms with Gasteiger partial charge in [-0.2, -0.15) is 0 Å². The summed E-state index contributed by atoms with van der Waals surface area (Å²) < 4.78 is 4.86. The number of aromatic amines is 2. The predicted molar refractivity (Wildman–Crippen MR) is 76.6 cm³/mol. The van der Waals surface area contributed by atoms with Crippen LogP contribution < -0.4 is 10.3 Å². The van der Waals surface area contributed by atoms with Gasteiger partial charge in [0.05, 0.1) is 6.61 Å². The van der Waals surface area contributed by atoms with E-state index in [0.717, 1.165) is 16.0 Å². The van der Waals surface area contributed by atoms with Gasteiger partial charge in [0, 0.05) is 16.5 Å². The zero-order valence-electron chi connectivity index (χ0n) is 10.8. The van der Waals surface area contributed by atoms with Gasteiger partial charge in [-0.3, -0.25) is 10.3 Å². The van der Waals surface area contributed by atoms with E-state index in [4.69, 9.17) is 4.74 Å². The van der Waals surface area contributed by atoms with Crippen molar-refractivity contribution < 1.29 is 14.5 Å². The first-order valence-electron chi connectivity index (χ1n) is 6.15. The molecule has 20 heavy (non-hydrogen) atoms. The second kappa shape index (κ2) is 5.30. The molecule has 0 aliphatic heterocycles. The zero-order valence-corrected chi connectivity index (χ0v) is 11.6. The number of hydrogen-bond acceptors (Lipinski definition) is 4. The van der Waals surface area contributed by atoms with E-state index < -0.39 is 6.09 Å². The maximum Gasteiger partial charge on any atom is 0.413 e. The van der Waals surface area contributed by atoms with Crippen molar-refractivity contribution in [1.29, 1.82) is 0 Å². The Bertz CT molecular complexity index is 736. The molecule has 0 aromatic carbocycles. The normalized spacial score (nSPS) is 10.7. The molecule has 3 rings (SSSR count). The minimum Gasteiger partial charge on any atom is -0.450 e. The Kier molecular flexibility index (Phi) is 3.34. The molecule has 0 fully saturated rings. The summed E-state index contributed by atoms with van der Waals surface area (Å²) in [6, 6.07) is 5.83. The van der Waals surface area contributed by atoms with Crippen molar-refractivity contribution in [1.82, 2.24) is 9.97 Å². The summed E-state index contributed by atoms with van der Waals surface area (Å²) in [5.41, 5.74) is 2.57. The van der Waals surface area contributed by atoms with E-state index >= 15 is 0 Å². The van der Waals surface area contributed by atoms with Gasteiger partial charge in [-0.25, -0.2) is 9.78 Å². The summed E-state index contributed by atoms with van der Waals surface area (Å²) in [5.74, 6) is 0.454. The van der Waals surface area contributed by atoms with Crippen molar-refractivity contribution in [2.24, 2.45) is 0 Å². The SMILES string of the molecule is CCOC(=O)Nc1cc(-c2cccs2)c2[nH]c[nH+]c2n1. The van der Waals surface area contributed by atoms with Crippen LogP contribution in [0.4, 0.5) is 10.6 Å². The molecule has 102 valence electrons. The fourth-order valence-corrected chi connectivity index (χ4v) is 2.68. The second-order valence-electron chi connectivity index (χ2n) is 4.03. The molecule has 6 nitrogen and oxygen atoms in total. The third-order valence-corrected chi connectivity index (χ3v) is 3.64. The largest absolute Gasteiger partial charge is 0.450 e. The number of aromatic nitrogens is 3. The predicted octanol–water partition coefficient (Wildman–Crippen LogP) is 2.67. The van der Waals surface area contributed by atoms with Gasteiger partial charge in [0.15, 0.2) is 11.8 Å². The van der Waals surface area contributed by atoms with Crippen LogP contribution in [0.25, 0.3) is 21.6 Å². The van der Waals surface area contributed by atoms with E-state index in [-0.39, 0.29) is 0 Å². The third-order valence-electron chi connectivity index (χ3n) is 2.74. The van der Waals surface area contributed by atoms with Crippen molar-refractivity contribution in [3.63, 3.8) is 0 Å². The maximum atomic E-state index is 11.5. The van der Waals surface area contributed by atoms with E-state index in [1.807, 2.05) is 23.6 Å². The summed E-state index contributed by atoms with van der Waals surface area (Å²) >= 11 is 1.63. The number of nitrogens with zero attached hydrogens (tertiary/aromatic N) is 1. The summed E-state index contributed by atoms with van der Waals surface area (Å²) in [5, 5.41) is 4.63. The molecule has 3 aromatic heterocycles. The lowest BCUT2D eigenvalue weighted by atomic mass is 10.2. The van der Waals surface area contributed by atoms with Gasteiger partial charge in [-0.15, -0.1) is 11.3 Å². The van der Waals surface area contributed by atoms with Crippen molar-refractivity contribution in [2.75, 3.05) is 11.9 Å². The standard InChI is InChI=1S/C13H12N4O2S/c1-2-19-13(18)17-10-6-8(9-4-3-5-20-9)11-12(16-10)15-7-14-11/h3-7H,2H2,1H3,(H2,14,15,16,17,18)/p+1. The Labute approximate surface area is 118 Å². The number of anilines is 1. The van der Waals surface area contributed by atoms with Crippen molar-refractivity contribution in [3.05, 3.63) is 29.9 Å². The van der Waals surface area contributed by atoms with Crippen LogP contribution in [0.5, 0.6) is 0 Å². The first-order chi connectivity index (χ1) is 9.78. The molecular formula is C13H13N4O2S+. The van der Waals surface area contributed by atoms with Crippen LogP contribution in [0.1, 0.15) is 6.92 Å². The smallest absolute Gasteiger partial charge is 0.413 e. The molecule has 0 spiro atoms. The zero-order chi connectivity index (χ0) is 13.9. The molecule has 7 heteroatoms. The Morgan fingerprint density at radius 3 is 3.25 bits per heavy atom. The number of ether oxygens (including phenoxy) is 1. The van der Waals surface area contributed by atoms with Crippen molar-refractivity contribution in [2.45, 2.75) is 6.92 Å². The maximum absolute atomic E-state index is 11.5. The monoisotopic (exact) mass is 289 g/mol. The fraction of sp³-hybridized carbons (Fsp3) is 0.154. The molecule has 0 aliphatic carbocycles. The van der Waals surface area contributed by atoms with Gasteiger partial charge in [0.2, 0.25) is 5.82 Å². The van der Waals surface area contributed by atoms with E-state index in [0.29, 0.717) is 18.1 Å². The second-order valence-corrected chi connectivity index (χ2v) is 4.98. The number of carbonyl (C=O) groups excluding carboxylic acids is 1.